The molecule has 1 fully saturated rings. The zero-order valence-corrected chi connectivity index (χ0v) is 18.3. The lowest BCUT2D eigenvalue weighted by Gasteiger charge is -2.19. The van der Waals surface area contributed by atoms with E-state index in [4.69, 9.17) is 0 Å². The number of halogens is 1. The highest BCUT2D eigenvalue weighted by molar-refractivity contribution is 9.10. The van der Waals surface area contributed by atoms with Crippen molar-refractivity contribution in [3.05, 3.63) is 76.3 Å². The van der Waals surface area contributed by atoms with Crippen molar-refractivity contribution in [1.82, 2.24) is 14.9 Å². The lowest BCUT2D eigenvalue weighted by molar-refractivity contribution is 0.0947. The van der Waals surface area contributed by atoms with E-state index in [2.05, 4.69) is 53.9 Å². The molecule has 0 spiro atoms. The van der Waals surface area contributed by atoms with Gasteiger partial charge in [0, 0.05) is 47.4 Å². The molecule has 1 N–H and O–H groups in total. The Balaban J connectivity index is 1.40. The van der Waals surface area contributed by atoms with Crippen LogP contribution in [0.5, 0.6) is 0 Å². The van der Waals surface area contributed by atoms with Gasteiger partial charge in [-0.3, -0.25) is 9.78 Å². The molecular formula is C23H25BrN4O. The monoisotopic (exact) mass is 452 g/mol. The number of amides is 1. The summed E-state index contributed by atoms with van der Waals surface area (Å²) in [5.41, 5.74) is 4.90. The summed E-state index contributed by atoms with van der Waals surface area (Å²) >= 11 is 3.54. The number of aromatic nitrogens is 2. The number of benzene rings is 1. The van der Waals surface area contributed by atoms with Crippen molar-refractivity contribution in [1.29, 1.82) is 0 Å². The summed E-state index contributed by atoms with van der Waals surface area (Å²) in [4.78, 5) is 19.4. The first-order valence-electron chi connectivity index (χ1n) is 9.91. The topological polar surface area (TPSA) is 50.2 Å². The second-order valence-electron chi connectivity index (χ2n) is 7.62. The first-order chi connectivity index (χ1) is 14.0. The van der Waals surface area contributed by atoms with Gasteiger partial charge in [-0.1, -0.05) is 22.0 Å². The third kappa shape index (κ3) is 4.22. The lowest BCUT2D eigenvalue weighted by Crippen LogP contribution is -2.31. The number of carbonyl (C=O) groups excluding carboxylic acids is 1. The molecule has 29 heavy (non-hydrogen) atoms. The van der Waals surface area contributed by atoms with Crippen molar-refractivity contribution in [3.8, 4) is 5.69 Å². The SMILES string of the molecule is Cc1cc(C(=O)NCC2CCN(c3cccc(Br)c3)C2)c(C)n1-c1cccnc1. The van der Waals surface area contributed by atoms with Gasteiger partial charge in [-0.15, -0.1) is 0 Å². The third-order valence-electron chi connectivity index (χ3n) is 5.59. The van der Waals surface area contributed by atoms with Gasteiger partial charge in [-0.05, 0) is 62.6 Å². The van der Waals surface area contributed by atoms with E-state index in [1.807, 2.05) is 44.3 Å². The Kier molecular flexibility index (Phi) is 5.72. The Hall–Kier alpha value is -2.60. The number of hydrogen-bond donors (Lipinski definition) is 1. The zero-order valence-electron chi connectivity index (χ0n) is 16.7. The number of nitrogens with zero attached hydrogens (tertiary/aromatic N) is 3. The van der Waals surface area contributed by atoms with Crippen molar-refractivity contribution >= 4 is 27.5 Å². The summed E-state index contributed by atoms with van der Waals surface area (Å²) in [6.07, 6.45) is 4.66. The minimum atomic E-state index is -0.00542. The molecule has 4 rings (SSSR count). The van der Waals surface area contributed by atoms with E-state index in [0.29, 0.717) is 12.5 Å². The van der Waals surface area contributed by atoms with Crippen molar-refractivity contribution in [2.24, 2.45) is 5.92 Å². The fraction of sp³-hybridized carbons (Fsp3) is 0.304. The van der Waals surface area contributed by atoms with Gasteiger partial charge in [0.15, 0.2) is 0 Å². The number of nitrogens with one attached hydrogen (secondary N) is 1. The molecule has 0 aliphatic carbocycles. The van der Waals surface area contributed by atoms with Crippen molar-refractivity contribution in [2.45, 2.75) is 20.3 Å². The highest BCUT2D eigenvalue weighted by Gasteiger charge is 2.24. The van der Waals surface area contributed by atoms with Crippen LogP contribution in [-0.4, -0.2) is 35.1 Å². The molecule has 6 heteroatoms. The maximum atomic E-state index is 12.9. The molecule has 1 amide bonds. The Labute approximate surface area is 179 Å². The number of pyridine rings is 1. The number of rotatable bonds is 5. The summed E-state index contributed by atoms with van der Waals surface area (Å²) in [5, 5.41) is 3.15. The summed E-state index contributed by atoms with van der Waals surface area (Å²) < 4.78 is 3.17. The molecule has 1 aliphatic heterocycles. The van der Waals surface area contributed by atoms with E-state index in [1.165, 1.54) is 5.69 Å². The van der Waals surface area contributed by atoms with Crippen LogP contribution < -0.4 is 10.2 Å². The number of hydrogen-bond acceptors (Lipinski definition) is 3. The molecule has 0 radical (unpaired) electrons. The quantitative estimate of drug-likeness (QED) is 0.619. The molecule has 1 aromatic carbocycles. The standard InChI is InChI=1S/C23H25BrN4O/c1-16-11-22(17(2)28(16)21-7-4-9-25-14-21)23(29)26-13-18-8-10-27(15-18)20-6-3-5-19(24)12-20/h3-7,9,11-12,14,18H,8,10,13,15H2,1-2H3,(H,26,29). The van der Waals surface area contributed by atoms with E-state index < -0.39 is 0 Å². The molecule has 2 aromatic heterocycles. The lowest BCUT2D eigenvalue weighted by atomic mass is 10.1. The second kappa shape index (κ2) is 8.41. The van der Waals surface area contributed by atoms with Gasteiger partial charge in [0.25, 0.3) is 5.91 Å². The van der Waals surface area contributed by atoms with E-state index >= 15 is 0 Å². The van der Waals surface area contributed by atoms with Gasteiger partial charge < -0.3 is 14.8 Å². The van der Waals surface area contributed by atoms with Gasteiger partial charge in [0.05, 0.1) is 17.4 Å². The fourth-order valence-electron chi connectivity index (χ4n) is 4.11. The van der Waals surface area contributed by atoms with Crippen LogP contribution in [0.1, 0.15) is 28.2 Å². The molecule has 150 valence electrons. The number of anilines is 1. The summed E-state index contributed by atoms with van der Waals surface area (Å²) in [5.74, 6) is 0.453. The van der Waals surface area contributed by atoms with E-state index in [9.17, 15) is 4.79 Å². The summed E-state index contributed by atoms with van der Waals surface area (Å²) in [7, 11) is 0. The van der Waals surface area contributed by atoms with E-state index in [0.717, 1.165) is 46.6 Å². The summed E-state index contributed by atoms with van der Waals surface area (Å²) in [6.45, 7) is 6.68. The van der Waals surface area contributed by atoms with Crippen LogP contribution in [-0.2, 0) is 0 Å². The third-order valence-corrected chi connectivity index (χ3v) is 6.08. The van der Waals surface area contributed by atoms with Crippen LogP contribution in [0.3, 0.4) is 0 Å². The predicted molar refractivity (Wildman–Crippen MR) is 120 cm³/mol. The van der Waals surface area contributed by atoms with Gasteiger partial charge in [0.1, 0.15) is 0 Å². The van der Waals surface area contributed by atoms with Crippen LogP contribution >= 0.6 is 15.9 Å². The first-order valence-corrected chi connectivity index (χ1v) is 10.7. The van der Waals surface area contributed by atoms with Crippen LogP contribution in [0.15, 0.2) is 59.3 Å². The molecule has 1 saturated heterocycles. The molecule has 0 saturated carbocycles. The van der Waals surface area contributed by atoms with Crippen LogP contribution in [0.4, 0.5) is 5.69 Å². The average Bonchev–Trinajstić information content (AvgIpc) is 3.31. The Morgan fingerprint density at radius 3 is 2.79 bits per heavy atom. The fourth-order valence-corrected chi connectivity index (χ4v) is 4.50. The molecule has 3 aromatic rings. The smallest absolute Gasteiger partial charge is 0.253 e. The molecule has 1 atom stereocenters. The molecule has 1 unspecified atom stereocenters. The van der Waals surface area contributed by atoms with Crippen molar-refractivity contribution in [2.75, 3.05) is 24.5 Å². The van der Waals surface area contributed by atoms with Crippen LogP contribution in [0.2, 0.25) is 0 Å². The van der Waals surface area contributed by atoms with Gasteiger partial charge in [-0.25, -0.2) is 0 Å². The van der Waals surface area contributed by atoms with Crippen LogP contribution in [0, 0.1) is 19.8 Å². The molecule has 3 heterocycles. The maximum Gasteiger partial charge on any atom is 0.253 e. The Bertz CT molecular complexity index is 1010. The van der Waals surface area contributed by atoms with Gasteiger partial charge >= 0.3 is 0 Å². The second-order valence-corrected chi connectivity index (χ2v) is 8.54. The van der Waals surface area contributed by atoms with Crippen LogP contribution in [0.25, 0.3) is 5.69 Å². The van der Waals surface area contributed by atoms with Crippen molar-refractivity contribution in [3.63, 3.8) is 0 Å². The average molecular weight is 453 g/mol. The maximum absolute atomic E-state index is 12.9. The van der Waals surface area contributed by atoms with E-state index in [-0.39, 0.29) is 5.91 Å². The highest BCUT2D eigenvalue weighted by atomic mass is 79.9. The largest absolute Gasteiger partial charge is 0.371 e. The molecule has 5 nitrogen and oxygen atoms in total. The number of carbonyl (C=O) groups is 1. The minimum Gasteiger partial charge on any atom is -0.371 e. The van der Waals surface area contributed by atoms with E-state index in [1.54, 1.807) is 6.20 Å². The van der Waals surface area contributed by atoms with Gasteiger partial charge in [-0.2, -0.15) is 0 Å². The molecular weight excluding hydrogens is 428 g/mol. The highest BCUT2D eigenvalue weighted by Crippen LogP contribution is 2.26. The Morgan fingerprint density at radius 1 is 1.21 bits per heavy atom. The number of aryl methyl sites for hydroxylation is 1. The van der Waals surface area contributed by atoms with Gasteiger partial charge in [0.2, 0.25) is 0 Å². The molecule has 0 bridgehead atoms. The normalized spacial score (nSPS) is 16.2. The predicted octanol–water partition coefficient (Wildman–Crippen LogP) is 4.51. The Morgan fingerprint density at radius 2 is 2.03 bits per heavy atom. The first kappa shape index (κ1) is 19.7. The zero-order chi connectivity index (χ0) is 20.4. The molecule has 1 aliphatic rings. The van der Waals surface area contributed by atoms with Crippen molar-refractivity contribution < 1.29 is 4.79 Å². The summed E-state index contributed by atoms with van der Waals surface area (Å²) in [6, 6.07) is 14.3. The minimum absolute atomic E-state index is 0.00542.